The van der Waals surface area contributed by atoms with Gasteiger partial charge in [0.25, 0.3) is 0 Å². The standard InChI is InChI=1S/C22H20N8OS/c1-22(31,20-24-11-14-32-20)8-6-16-15-19-29(12-4-13-30(19)28-16)18-7-10-25-21(27-18)26-17-5-2-3-9-23-17/h2-3,5,7,9-11,14-15,31H,4,12-13H2,1H3,(H,23,25,26,27). The summed E-state index contributed by atoms with van der Waals surface area (Å²) in [4.78, 5) is 19.5. The fraction of sp³-hybridized carbons (Fsp3) is 0.227. The van der Waals surface area contributed by atoms with Crippen LogP contribution in [-0.4, -0.2) is 41.4 Å². The van der Waals surface area contributed by atoms with Crippen LogP contribution in [0, 0.1) is 11.8 Å². The van der Waals surface area contributed by atoms with Crippen molar-refractivity contribution in [2.24, 2.45) is 0 Å². The van der Waals surface area contributed by atoms with Gasteiger partial charge in [0.05, 0.1) is 0 Å². The lowest BCUT2D eigenvalue weighted by Gasteiger charge is -2.28. The molecule has 32 heavy (non-hydrogen) atoms. The molecule has 0 saturated heterocycles. The quantitative estimate of drug-likeness (QED) is 0.463. The SMILES string of the molecule is CC(O)(C#Cc1cc2n(n1)CCCN2c1ccnc(Nc2ccccn2)n1)c1nccs1. The van der Waals surface area contributed by atoms with Crippen molar-refractivity contribution in [2.75, 3.05) is 16.8 Å². The maximum Gasteiger partial charge on any atom is 0.230 e. The summed E-state index contributed by atoms with van der Waals surface area (Å²) in [6, 6.07) is 9.39. The summed E-state index contributed by atoms with van der Waals surface area (Å²) in [5, 5.41) is 20.7. The van der Waals surface area contributed by atoms with Crippen molar-refractivity contribution in [2.45, 2.75) is 25.5 Å². The summed E-state index contributed by atoms with van der Waals surface area (Å²) < 4.78 is 1.92. The predicted molar refractivity (Wildman–Crippen MR) is 122 cm³/mol. The molecule has 0 aliphatic carbocycles. The van der Waals surface area contributed by atoms with E-state index in [9.17, 15) is 5.11 Å². The van der Waals surface area contributed by atoms with E-state index in [1.54, 1.807) is 25.5 Å². The number of nitrogens with zero attached hydrogens (tertiary/aromatic N) is 7. The first kappa shape index (κ1) is 20.1. The van der Waals surface area contributed by atoms with Crippen molar-refractivity contribution in [1.82, 2.24) is 29.7 Å². The lowest BCUT2D eigenvalue weighted by atomic mass is 10.1. The van der Waals surface area contributed by atoms with Gasteiger partial charge in [0.1, 0.15) is 28.2 Å². The smallest absolute Gasteiger partial charge is 0.230 e. The number of aryl methyl sites for hydroxylation is 1. The predicted octanol–water partition coefficient (Wildman–Crippen LogP) is 3.07. The second-order valence-corrected chi connectivity index (χ2v) is 8.25. The molecule has 5 rings (SSSR count). The van der Waals surface area contributed by atoms with Crippen LogP contribution >= 0.6 is 11.3 Å². The summed E-state index contributed by atoms with van der Waals surface area (Å²) in [7, 11) is 0. The summed E-state index contributed by atoms with van der Waals surface area (Å²) in [6.45, 7) is 3.23. The third kappa shape index (κ3) is 4.16. The molecular formula is C22H20N8OS. The number of aliphatic hydroxyl groups is 1. The highest BCUT2D eigenvalue weighted by Crippen LogP contribution is 2.29. The maximum atomic E-state index is 10.6. The van der Waals surface area contributed by atoms with E-state index in [4.69, 9.17) is 0 Å². The van der Waals surface area contributed by atoms with Crippen LogP contribution in [0.5, 0.6) is 0 Å². The minimum absolute atomic E-state index is 0.470. The van der Waals surface area contributed by atoms with Crippen molar-refractivity contribution in [3.05, 3.63) is 65.0 Å². The van der Waals surface area contributed by atoms with E-state index in [0.717, 1.165) is 31.1 Å². The molecule has 0 fully saturated rings. The Hall–Kier alpha value is -3.81. The zero-order valence-electron chi connectivity index (χ0n) is 17.3. The first-order chi connectivity index (χ1) is 15.6. The van der Waals surface area contributed by atoms with Gasteiger partial charge in [-0.1, -0.05) is 12.0 Å². The summed E-state index contributed by atoms with van der Waals surface area (Å²) in [5.74, 6) is 8.70. The molecule has 4 aromatic rings. The molecule has 0 spiro atoms. The van der Waals surface area contributed by atoms with Crippen LogP contribution in [0.15, 0.2) is 54.3 Å². The van der Waals surface area contributed by atoms with Crippen LogP contribution in [0.1, 0.15) is 24.0 Å². The van der Waals surface area contributed by atoms with Gasteiger partial charge in [-0.15, -0.1) is 11.3 Å². The van der Waals surface area contributed by atoms with Gasteiger partial charge in [-0.05, 0) is 37.5 Å². The Morgan fingerprint density at radius 2 is 2.06 bits per heavy atom. The second-order valence-electron chi connectivity index (χ2n) is 7.35. The highest BCUT2D eigenvalue weighted by Gasteiger charge is 2.24. The normalized spacial score (nSPS) is 14.8. The third-order valence-corrected chi connectivity index (χ3v) is 5.88. The van der Waals surface area contributed by atoms with Crippen LogP contribution in [0.2, 0.25) is 0 Å². The molecule has 1 atom stereocenters. The van der Waals surface area contributed by atoms with Gasteiger partial charge >= 0.3 is 0 Å². The molecule has 0 saturated carbocycles. The highest BCUT2D eigenvalue weighted by molar-refractivity contribution is 7.09. The van der Waals surface area contributed by atoms with E-state index < -0.39 is 5.60 Å². The van der Waals surface area contributed by atoms with Gasteiger partial charge in [-0.25, -0.2) is 19.6 Å². The molecule has 160 valence electrons. The molecule has 0 aromatic carbocycles. The van der Waals surface area contributed by atoms with Gasteiger partial charge in [-0.3, -0.25) is 0 Å². The van der Waals surface area contributed by atoms with E-state index in [2.05, 4.69) is 47.1 Å². The number of thiazole rings is 1. The molecule has 1 unspecified atom stereocenters. The Labute approximate surface area is 188 Å². The molecule has 4 aromatic heterocycles. The number of pyridine rings is 1. The summed E-state index contributed by atoms with van der Waals surface area (Å²) >= 11 is 1.37. The van der Waals surface area contributed by atoms with Gasteiger partial charge in [0, 0.05) is 43.1 Å². The van der Waals surface area contributed by atoms with Crippen molar-refractivity contribution in [3.8, 4) is 11.8 Å². The molecule has 5 heterocycles. The number of anilines is 4. The topological polar surface area (TPSA) is 105 Å². The number of nitrogens with one attached hydrogen (secondary N) is 1. The van der Waals surface area contributed by atoms with Crippen LogP contribution in [0.3, 0.4) is 0 Å². The third-order valence-electron chi connectivity index (χ3n) is 4.89. The zero-order valence-corrected chi connectivity index (χ0v) is 18.1. The van der Waals surface area contributed by atoms with E-state index in [0.29, 0.717) is 22.5 Å². The minimum Gasteiger partial charge on any atom is -0.371 e. The van der Waals surface area contributed by atoms with E-state index >= 15 is 0 Å². The Kier molecular flexibility index (Phi) is 5.26. The average Bonchev–Trinajstić information content (AvgIpc) is 3.49. The van der Waals surface area contributed by atoms with E-state index in [1.807, 2.05) is 40.4 Å². The number of hydrogen-bond acceptors (Lipinski definition) is 9. The van der Waals surface area contributed by atoms with Gasteiger partial charge in [-0.2, -0.15) is 10.1 Å². The maximum absolute atomic E-state index is 10.6. The molecule has 10 heteroatoms. The average molecular weight is 445 g/mol. The Bertz CT molecular complexity index is 1270. The molecule has 0 radical (unpaired) electrons. The van der Waals surface area contributed by atoms with Crippen molar-refractivity contribution < 1.29 is 5.11 Å². The van der Waals surface area contributed by atoms with Crippen molar-refractivity contribution in [1.29, 1.82) is 0 Å². The second kappa shape index (κ2) is 8.37. The molecular weight excluding hydrogens is 424 g/mol. The zero-order chi connectivity index (χ0) is 22.0. The van der Waals surface area contributed by atoms with Crippen molar-refractivity contribution >= 4 is 34.7 Å². The molecule has 0 bridgehead atoms. The minimum atomic E-state index is -1.32. The number of aromatic nitrogens is 6. The number of rotatable bonds is 4. The molecule has 9 nitrogen and oxygen atoms in total. The lowest BCUT2D eigenvalue weighted by Crippen LogP contribution is -2.28. The van der Waals surface area contributed by atoms with Crippen LogP contribution in [0.25, 0.3) is 0 Å². The Morgan fingerprint density at radius 1 is 1.12 bits per heavy atom. The van der Waals surface area contributed by atoms with Crippen LogP contribution in [0.4, 0.5) is 23.4 Å². The molecule has 1 aliphatic rings. The van der Waals surface area contributed by atoms with E-state index in [1.165, 1.54) is 11.3 Å². The molecule has 0 amide bonds. The monoisotopic (exact) mass is 444 g/mol. The van der Waals surface area contributed by atoms with E-state index in [-0.39, 0.29) is 0 Å². The Morgan fingerprint density at radius 3 is 2.88 bits per heavy atom. The first-order valence-electron chi connectivity index (χ1n) is 10.1. The Balaban J connectivity index is 1.41. The lowest BCUT2D eigenvalue weighted by molar-refractivity contribution is 0.122. The largest absolute Gasteiger partial charge is 0.371 e. The molecule has 1 aliphatic heterocycles. The number of hydrogen-bond donors (Lipinski definition) is 2. The fourth-order valence-corrected chi connectivity index (χ4v) is 4.04. The van der Waals surface area contributed by atoms with Gasteiger partial charge in [0.15, 0.2) is 5.60 Å². The summed E-state index contributed by atoms with van der Waals surface area (Å²) in [5.41, 5.74) is -0.735. The van der Waals surface area contributed by atoms with Crippen LogP contribution in [-0.2, 0) is 12.1 Å². The summed E-state index contributed by atoms with van der Waals surface area (Å²) in [6.07, 6.45) is 6.01. The van der Waals surface area contributed by atoms with Gasteiger partial charge in [0.2, 0.25) is 5.95 Å². The fourth-order valence-electron chi connectivity index (χ4n) is 3.39. The van der Waals surface area contributed by atoms with Gasteiger partial charge < -0.3 is 15.3 Å². The highest BCUT2D eigenvalue weighted by atomic mass is 32.1. The first-order valence-corrected chi connectivity index (χ1v) is 11.0. The number of fused-ring (bicyclic) bond motifs is 1. The van der Waals surface area contributed by atoms with Crippen LogP contribution < -0.4 is 10.2 Å². The van der Waals surface area contributed by atoms with Crippen molar-refractivity contribution in [3.63, 3.8) is 0 Å². The molecule has 2 N–H and O–H groups in total.